The monoisotopic (exact) mass is 393 g/mol. The third-order valence-electron chi connectivity index (χ3n) is 4.41. The lowest BCUT2D eigenvalue weighted by atomic mass is 10.0. The van der Waals surface area contributed by atoms with Gasteiger partial charge >= 0.3 is 6.09 Å². The third-order valence-corrected chi connectivity index (χ3v) is 4.41. The Labute approximate surface area is 169 Å². The van der Waals surface area contributed by atoms with Crippen molar-refractivity contribution < 1.29 is 19.1 Å². The van der Waals surface area contributed by atoms with Gasteiger partial charge in [0.15, 0.2) is 6.04 Å². The maximum Gasteiger partial charge on any atom is 0.408 e. The zero-order valence-corrected chi connectivity index (χ0v) is 16.5. The molecule has 0 saturated carbocycles. The molecule has 150 valence electrons. The maximum absolute atomic E-state index is 13.1. The van der Waals surface area contributed by atoms with Crippen LogP contribution in [0.2, 0.25) is 0 Å². The molecule has 1 aromatic carbocycles. The number of nitrogens with zero attached hydrogens (tertiary/aromatic N) is 2. The highest BCUT2D eigenvalue weighted by atomic mass is 16.4. The van der Waals surface area contributed by atoms with Crippen LogP contribution in [0.15, 0.2) is 71.6 Å². The fraction of sp³-hybridized carbons (Fsp3) is 0.227. The van der Waals surface area contributed by atoms with Crippen molar-refractivity contribution in [2.24, 2.45) is 0 Å². The molecule has 0 aliphatic carbocycles. The number of aromatic nitrogens is 1. The molecule has 0 spiro atoms. The van der Waals surface area contributed by atoms with E-state index in [4.69, 9.17) is 4.42 Å². The topological polar surface area (TPSA) is 95.7 Å². The highest BCUT2D eigenvalue weighted by Crippen LogP contribution is 2.30. The smallest absolute Gasteiger partial charge is 0.408 e. The standard InChI is InChI=1S/C22H23N3O4/c1-22(2,3)25(21(27)28)19(18-5-4-14-29-18)20(26)24-17-8-6-15(7-9-17)16-10-12-23-13-11-16/h4-14,19H,1-3H3,(H,24,26)(H,27,28). The van der Waals surface area contributed by atoms with Crippen molar-refractivity contribution in [3.63, 3.8) is 0 Å². The first-order valence-corrected chi connectivity index (χ1v) is 9.14. The van der Waals surface area contributed by atoms with Crippen LogP contribution in [-0.4, -0.2) is 32.5 Å². The summed E-state index contributed by atoms with van der Waals surface area (Å²) in [6, 6.07) is 13.2. The van der Waals surface area contributed by atoms with E-state index in [1.165, 1.54) is 6.26 Å². The lowest BCUT2D eigenvalue weighted by Gasteiger charge is -2.37. The largest absolute Gasteiger partial charge is 0.467 e. The van der Waals surface area contributed by atoms with Crippen LogP contribution in [0.3, 0.4) is 0 Å². The number of benzene rings is 1. The van der Waals surface area contributed by atoms with Gasteiger partial charge in [0.2, 0.25) is 0 Å². The molecule has 0 aliphatic heterocycles. The van der Waals surface area contributed by atoms with Crippen LogP contribution in [0, 0.1) is 0 Å². The van der Waals surface area contributed by atoms with E-state index >= 15 is 0 Å². The van der Waals surface area contributed by atoms with E-state index in [-0.39, 0.29) is 5.76 Å². The minimum absolute atomic E-state index is 0.258. The SMILES string of the molecule is CC(C)(C)N(C(=O)O)C(C(=O)Nc1ccc(-c2ccncc2)cc1)c1ccco1. The summed E-state index contributed by atoms with van der Waals surface area (Å²) in [5.74, 6) is -0.234. The summed E-state index contributed by atoms with van der Waals surface area (Å²) >= 11 is 0. The molecule has 0 bridgehead atoms. The van der Waals surface area contributed by atoms with Gasteiger partial charge in [0, 0.05) is 23.6 Å². The Morgan fingerprint density at radius 3 is 2.17 bits per heavy atom. The normalized spacial score (nSPS) is 12.2. The summed E-state index contributed by atoms with van der Waals surface area (Å²) in [5, 5.41) is 12.6. The minimum Gasteiger partial charge on any atom is -0.467 e. The van der Waals surface area contributed by atoms with Gasteiger partial charge in [-0.05, 0) is 68.3 Å². The molecule has 3 aromatic rings. The quantitative estimate of drug-likeness (QED) is 0.649. The molecule has 0 fully saturated rings. The predicted molar refractivity (Wildman–Crippen MR) is 109 cm³/mol. The summed E-state index contributed by atoms with van der Waals surface area (Å²) in [7, 11) is 0. The number of nitrogens with one attached hydrogen (secondary N) is 1. The number of hydrogen-bond donors (Lipinski definition) is 2. The molecule has 3 rings (SSSR count). The van der Waals surface area contributed by atoms with E-state index in [2.05, 4.69) is 10.3 Å². The zero-order valence-electron chi connectivity index (χ0n) is 16.5. The van der Waals surface area contributed by atoms with Crippen molar-refractivity contribution in [2.45, 2.75) is 32.4 Å². The number of pyridine rings is 1. The first-order chi connectivity index (χ1) is 13.8. The lowest BCUT2D eigenvalue weighted by Crippen LogP contribution is -2.50. The Morgan fingerprint density at radius 2 is 1.66 bits per heavy atom. The molecule has 0 radical (unpaired) electrons. The molecular formula is C22H23N3O4. The van der Waals surface area contributed by atoms with Gasteiger partial charge in [0.25, 0.3) is 5.91 Å². The molecule has 29 heavy (non-hydrogen) atoms. The van der Waals surface area contributed by atoms with Crippen LogP contribution in [0.25, 0.3) is 11.1 Å². The second-order valence-electron chi connectivity index (χ2n) is 7.54. The minimum atomic E-state index is -1.21. The van der Waals surface area contributed by atoms with E-state index in [0.717, 1.165) is 16.0 Å². The number of carbonyl (C=O) groups is 2. The first-order valence-electron chi connectivity index (χ1n) is 9.14. The number of carbonyl (C=O) groups excluding carboxylic acids is 1. The average molecular weight is 393 g/mol. The summed E-state index contributed by atoms with van der Waals surface area (Å²) in [4.78, 5) is 30.1. The molecule has 1 atom stereocenters. The van der Waals surface area contributed by atoms with E-state index in [9.17, 15) is 14.7 Å². The number of carboxylic acid groups (broad SMARTS) is 1. The van der Waals surface area contributed by atoms with E-state index < -0.39 is 23.6 Å². The van der Waals surface area contributed by atoms with Gasteiger partial charge < -0.3 is 14.8 Å². The molecule has 1 unspecified atom stereocenters. The molecule has 2 aromatic heterocycles. The van der Waals surface area contributed by atoms with Crippen molar-refractivity contribution in [1.29, 1.82) is 0 Å². The Hall–Kier alpha value is -3.61. The first kappa shape index (κ1) is 20.1. The van der Waals surface area contributed by atoms with Gasteiger partial charge in [0.1, 0.15) is 5.76 Å². The van der Waals surface area contributed by atoms with E-state index in [1.54, 1.807) is 57.4 Å². The lowest BCUT2D eigenvalue weighted by molar-refractivity contribution is -0.123. The molecule has 0 aliphatic rings. The molecule has 0 saturated heterocycles. The number of furan rings is 1. The van der Waals surface area contributed by atoms with Crippen molar-refractivity contribution >= 4 is 17.7 Å². The van der Waals surface area contributed by atoms with Crippen LogP contribution in [-0.2, 0) is 4.79 Å². The highest BCUT2D eigenvalue weighted by Gasteiger charge is 2.40. The molecule has 7 nitrogen and oxygen atoms in total. The van der Waals surface area contributed by atoms with Crippen molar-refractivity contribution in [3.05, 3.63) is 72.9 Å². The van der Waals surface area contributed by atoms with Crippen molar-refractivity contribution in [3.8, 4) is 11.1 Å². The molecule has 2 amide bonds. The van der Waals surface area contributed by atoms with E-state index in [0.29, 0.717) is 5.69 Å². The third kappa shape index (κ3) is 4.63. The molecule has 2 heterocycles. The van der Waals surface area contributed by atoms with Crippen molar-refractivity contribution in [1.82, 2.24) is 9.88 Å². The molecular weight excluding hydrogens is 370 g/mol. The zero-order chi connectivity index (χ0) is 21.0. The number of hydrogen-bond acceptors (Lipinski definition) is 4. The maximum atomic E-state index is 13.1. The van der Waals surface area contributed by atoms with E-state index in [1.807, 2.05) is 24.3 Å². The summed E-state index contributed by atoms with van der Waals surface area (Å²) < 4.78 is 5.39. The predicted octanol–water partition coefficient (Wildman–Crippen LogP) is 4.80. The average Bonchev–Trinajstić information content (AvgIpc) is 3.20. The Morgan fingerprint density at radius 1 is 1.03 bits per heavy atom. The molecule has 7 heteroatoms. The van der Waals surface area contributed by atoms with Gasteiger partial charge in [-0.2, -0.15) is 0 Å². The summed E-state index contributed by atoms with van der Waals surface area (Å²) in [5.41, 5.74) is 1.74. The van der Waals surface area contributed by atoms with Gasteiger partial charge in [0.05, 0.1) is 6.26 Å². The number of rotatable bonds is 5. The fourth-order valence-corrected chi connectivity index (χ4v) is 3.11. The van der Waals surface area contributed by atoms with Crippen LogP contribution in [0.1, 0.15) is 32.6 Å². The van der Waals surface area contributed by atoms with Crippen LogP contribution < -0.4 is 5.32 Å². The Balaban J connectivity index is 1.86. The summed E-state index contributed by atoms with van der Waals surface area (Å²) in [6.45, 7) is 5.19. The summed E-state index contributed by atoms with van der Waals surface area (Å²) in [6.07, 6.45) is 3.64. The van der Waals surface area contributed by atoms with Gasteiger partial charge in [-0.15, -0.1) is 0 Å². The van der Waals surface area contributed by atoms with Gasteiger partial charge in [-0.3, -0.25) is 14.7 Å². The number of anilines is 1. The van der Waals surface area contributed by atoms with Crippen molar-refractivity contribution in [2.75, 3.05) is 5.32 Å². The second-order valence-corrected chi connectivity index (χ2v) is 7.54. The molecule has 2 N–H and O–H groups in total. The number of amides is 2. The van der Waals surface area contributed by atoms with Crippen LogP contribution in [0.4, 0.5) is 10.5 Å². The van der Waals surface area contributed by atoms with Crippen LogP contribution >= 0.6 is 0 Å². The fourth-order valence-electron chi connectivity index (χ4n) is 3.11. The highest BCUT2D eigenvalue weighted by molar-refractivity contribution is 5.97. The van der Waals surface area contributed by atoms with Gasteiger partial charge in [-0.1, -0.05) is 12.1 Å². The Kier molecular flexibility index (Phi) is 5.68. The Bertz CT molecular complexity index is 962. The van der Waals surface area contributed by atoms with Gasteiger partial charge in [-0.25, -0.2) is 4.79 Å². The van der Waals surface area contributed by atoms with Crippen LogP contribution in [0.5, 0.6) is 0 Å². The second kappa shape index (κ2) is 8.18.